The first-order valence-corrected chi connectivity index (χ1v) is 11.1. The quantitative estimate of drug-likeness (QED) is 0.169. The topological polar surface area (TPSA) is 34.1 Å². The summed E-state index contributed by atoms with van der Waals surface area (Å²) in [5, 5.41) is 0.890. The minimum Gasteiger partial charge on any atom is -0.497 e. The van der Waals surface area contributed by atoms with Crippen molar-refractivity contribution in [2.45, 2.75) is 20.0 Å². The summed E-state index contributed by atoms with van der Waals surface area (Å²) in [4.78, 5) is 7.08. The fraction of sp³-hybridized carbons (Fsp3) is 0.240. The van der Waals surface area contributed by atoms with Crippen LogP contribution in [-0.2, 0) is 13.1 Å². The number of rotatable bonds is 8. The minimum atomic E-state index is -0.267. The van der Waals surface area contributed by atoms with Crippen LogP contribution in [0.4, 0.5) is 10.1 Å². The normalized spacial score (nSPS) is 10.9. The van der Waals surface area contributed by atoms with Crippen molar-refractivity contribution >= 4 is 46.6 Å². The highest BCUT2D eigenvalue weighted by Gasteiger charge is 2.14. The average molecular weight is 566 g/mol. The van der Waals surface area contributed by atoms with Crippen molar-refractivity contribution in [3.8, 4) is 11.5 Å². The molecule has 7 heteroatoms. The van der Waals surface area contributed by atoms with E-state index in [1.807, 2.05) is 24.3 Å². The second kappa shape index (κ2) is 13.3. The number of halogens is 2. The van der Waals surface area contributed by atoms with Gasteiger partial charge in [0, 0.05) is 13.1 Å². The lowest BCUT2D eigenvalue weighted by atomic mass is 10.1. The summed E-state index contributed by atoms with van der Waals surface area (Å²) in [5.41, 5.74) is 3.03. The fourth-order valence-corrected chi connectivity index (χ4v) is 3.78. The van der Waals surface area contributed by atoms with Crippen molar-refractivity contribution < 1.29 is 13.9 Å². The molecule has 0 unspecified atom stereocenters. The Kier molecular flexibility index (Phi) is 10.8. The maximum atomic E-state index is 13.3. The molecule has 0 aliphatic carbocycles. The van der Waals surface area contributed by atoms with Crippen molar-refractivity contribution in [1.29, 1.82) is 0 Å². The highest BCUT2D eigenvalue weighted by atomic mass is 127. The summed E-state index contributed by atoms with van der Waals surface area (Å²) in [6, 6.07) is 22.4. The van der Waals surface area contributed by atoms with Gasteiger partial charge in [0.25, 0.3) is 0 Å². The third kappa shape index (κ3) is 7.70. The monoisotopic (exact) mass is 566 g/mol. The second-order valence-electron chi connectivity index (χ2n) is 6.86. The summed E-state index contributed by atoms with van der Waals surface area (Å²) in [6.45, 7) is 3.47. The standard InChI is InChI=1S/C25H27FN2O2S.HI/c1-4-31-25(27-22-11-9-21(26)10-12-22)28(17-19-5-13-23(29-2)14-6-19)18-20-7-15-24(30-3)16-8-20;/h5-16H,4,17-18H2,1-3H3;1H. The van der Waals surface area contributed by atoms with Crippen LogP contribution in [0.2, 0.25) is 0 Å². The van der Waals surface area contributed by atoms with Crippen LogP contribution in [-0.4, -0.2) is 30.0 Å². The van der Waals surface area contributed by atoms with Gasteiger partial charge < -0.3 is 14.4 Å². The summed E-state index contributed by atoms with van der Waals surface area (Å²) < 4.78 is 23.9. The molecular weight excluding hydrogens is 538 g/mol. The Morgan fingerprint density at radius 3 is 1.69 bits per heavy atom. The molecule has 0 heterocycles. The summed E-state index contributed by atoms with van der Waals surface area (Å²) in [7, 11) is 3.33. The third-order valence-corrected chi connectivity index (χ3v) is 5.56. The van der Waals surface area contributed by atoms with E-state index in [2.05, 4.69) is 36.1 Å². The summed E-state index contributed by atoms with van der Waals surface area (Å²) >= 11 is 1.67. The molecule has 3 aromatic rings. The van der Waals surface area contributed by atoms with Crippen LogP contribution in [0.15, 0.2) is 77.8 Å². The van der Waals surface area contributed by atoms with E-state index in [9.17, 15) is 4.39 Å². The van der Waals surface area contributed by atoms with Crippen molar-refractivity contribution in [2.75, 3.05) is 20.0 Å². The minimum absolute atomic E-state index is 0. The van der Waals surface area contributed by atoms with Gasteiger partial charge in [-0.25, -0.2) is 9.38 Å². The molecular formula is C25H28FIN2O2S. The summed E-state index contributed by atoms with van der Waals surface area (Å²) in [6.07, 6.45) is 0. The molecule has 0 atom stereocenters. The zero-order chi connectivity index (χ0) is 22.1. The summed E-state index contributed by atoms with van der Waals surface area (Å²) in [5.74, 6) is 2.26. The van der Waals surface area contributed by atoms with E-state index < -0.39 is 0 Å². The Labute approximate surface area is 210 Å². The molecule has 3 aromatic carbocycles. The van der Waals surface area contributed by atoms with Crippen molar-refractivity contribution in [2.24, 2.45) is 4.99 Å². The Morgan fingerprint density at radius 1 is 0.812 bits per heavy atom. The number of amidine groups is 1. The lowest BCUT2D eigenvalue weighted by Crippen LogP contribution is -2.28. The molecule has 0 aliphatic heterocycles. The molecule has 0 bridgehead atoms. The smallest absolute Gasteiger partial charge is 0.164 e. The van der Waals surface area contributed by atoms with E-state index in [1.54, 1.807) is 38.1 Å². The molecule has 0 saturated heterocycles. The Bertz CT molecular complexity index is 931. The highest BCUT2D eigenvalue weighted by molar-refractivity contribution is 14.0. The predicted molar refractivity (Wildman–Crippen MR) is 142 cm³/mol. The second-order valence-corrected chi connectivity index (χ2v) is 8.09. The van der Waals surface area contributed by atoms with Gasteiger partial charge in [0.15, 0.2) is 5.17 Å². The number of benzene rings is 3. The van der Waals surface area contributed by atoms with Gasteiger partial charge in [0.2, 0.25) is 0 Å². The van der Waals surface area contributed by atoms with Crippen LogP contribution >= 0.6 is 35.7 Å². The van der Waals surface area contributed by atoms with Crippen LogP contribution in [0, 0.1) is 5.82 Å². The van der Waals surface area contributed by atoms with E-state index >= 15 is 0 Å². The van der Waals surface area contributed by atoms with Crippen LogP contribution in [0.5, 0.6) is 11.5 Å². The van der Waals surface area contributed by atoms with Gasteiger partial charge in [0.1, 0.15) is 17.3 Å². The largest absolute Gasteiger partial charge is 0.497 e. The first-order chi connectivity index (χ1) is 15.1. The molecule has 0 saturated carbocycles. The van der Waals surface area contributed by atoms with Gasteiger partial charge >= 0.3 is 0 Å². The van der Waals surface area contributed by atoms with Gasteiger partial charge in [-0.3, -0.25) is 0 Å². The van der Waals surface area contributed by atoms with Gasteiger partial charge in [0.05, 0.1) is 19.9 Å². The van der Waals surface area contributed by atoms with E-state index in [4.69, 9.17) is 14.5 Å². The molecule has 170 valence electrons. The maximum absolute atomic E-state index is 13.3. The Balaban J connectivity index is 0.00000363. The molecule has 0 N–H and O–H groups in total. The van der Waals surface area contributed by atoms with Crippen LogP contribution in [0.3, 0.4) is 0 Å². The molecule has 4 nitrogen and oxygen atoms in total. The molecule has 0 aliphatic rings. The number of nitrogens with zero attached hydrogens (tertiary/aromatic N) is 2. The number of hydrogen-bond donors (Lipinski definition) is 0. The Hall–Kier alpha value is -2.26. The highest BCUT2D eigenvalue weighted by Crippen LogP contribution is 2.23. The van der Waals surface area contributed by atoms with E-state index in [1.165, 1.54) is 12.1 Å². The predicted octanol–water partition coefficient (Wildman–Crippen LogP) is 6.90. The van der Waals surface area contributed by atoms with Gasteiger partial charge in [-0.15, -0.1) is 24.0 Å². The van der Waals surface area contributed by atoms with Gasteiger partial charge in [-0.2, -0.15) is 0 Å². The number of hydrogen-bond acceptors (Lipinski definition) is 4. The number of ether oxygens (including phenoxy) is 2. The lowest BCUT2D eigenvalue weighted by molar-refractivity contribution is 0.405. The fourth-order valence-electron chi connectivity index (χ4n) is 3.04. The molecule has 0 aromatic heterocycles. The first kappa shape index (κ1) is 26.0. The van der Waals surface area contributed by atoms with Crippen molar-refractivity contribution in [3.05, 3.63) is 89.7 Å². The van der Waals surface area contributed by atoms with Crippen LogP contribution in [0.25, 0.3) is 0 Å². The van der Waals surface area contributed by atoms with E-state index in [0.29, 0.717) is 13.1 Å². The zero-order valence-corrected chi connectivity index (χ0v) is 21.6. The van der Waals surface area contributed by atoms with Crippen LogP contribution in [0.1, 0.15) is 18.1 Å². The number of thioether (sulfide) groups is 1. The number of methoxy groups -OCH3 is 2. The third-order valence-electron chi connectivity index (χ3n) is 4.66. The molecule has 0 radical (unpaired) electrons. The first-order valence-electron chi connectivity index (χ1n) is 10.1. The van der Waals surface area contributed by atoms with E-state index in [-0.39, 0.29) is 29.8 Å². The van der Waals surface area contributed by atoms with E-state index in [0.717, 1.165) is 39.2 Å². The van der Waals surface area contributed by atoms with Gasteiger partial charge in [-0.05, 0) is 65.4 Å². The Morgan fingerprint density at radius 2 is 1.28 bits per heavy atom. The van der Waals surface area contributed by atoms with Crippen molar-refractivity contribution in [1.82, 2.24) is 4.90 Å². The molecule has 3 rings (SSSR count). The van der Waals surface area contributed by atoms with Crippen molar-refractivity contribution in [3.63, 3.8) is 0 Å². The average Bonchev–Trinajstić information content (AvgIpc) is 2.81. The molecule has 0 amide bonds. The van der Waals surface area contributed by atoms with Gasteiger partial charge in [-0.1, -0.05) is 43.0 Å². The molecule has 0 spiro atoms. The number of aliphatic imine (C=N–C) groups is 1. The van der Waals surface area contributed by atoms with Crippen LogP contribution < -0.4 is 9.47 Å². The molecule has 0 fully saturated rings. The zero-order valence-electron chi connectivity index (χ0n) is 18.5. The molecule has 32 heavy (non-hydrogen) atoms. The lowest BCUT2D eigenvalue weighted by Gasteiger charge is -2.26. The maximum Gasteiger partial charge on any atom is 0.164 e. The SMILES string of the molecule is CCSC(=Nc1ccc(F)cc1)N(Cc1ccc(OC)cc1)Cc1ccc(OC)cc1.I.